The number of carboxylic acids is 1. The molecular weight excluding hydrogens is 308 g/mol. The van der Waals surface area contributed by atoms with Crippen molar-refractivity contribution in [3.8, 4) is 22.4 Å². The smallest absolute Gasteiger partial charge is 0.358 e. The predicted molar refractivity (Wildman–Crippen MR) is 88.5 cm³/mol. The van der Waals surface area contributed by atoms with Gasteiger partial charge in [-0.2, -0.15) is 10.3 Å². The van der Waals surface area contributed by atoms with E-state index in [1.54, 1.807) is 12.1 Å². The number of carbonyl (C=O) groups is 2. The largest absolute Gasteiger partial charge is 0.476 e. The zero-order valence-electron chi connectivity index (χ0n) is 12.8. The molecule has 0 saturated carbocycles. The van der Waals surface area contributed by atoms with Crippen molar-refractivity contribution in [2.75, 3.05) is 5.32 Å². The number of hydrogen-bond donors (Lipinski definition) is 3. The van der Waals surface area contributed by atoms with Crippen LogP contribution in [0.15, 0.2) is 48.5 Å². The highest BCUT2D eigenvalue weighted by molar-refractivity contribution is 5.92. The van der Waals surface area contributed by atoms with E-state index in [0.29, 0.717) is 11.3 Å². The molecule has 0 radical (unpaired) electrons. The fourth-order valence-electron chi connectivity index (χ4n) is 2.35. The van der Waals surface area contributed by atoms with Gasteiger partial charge in [-0.3, -0.25) is 4.79 Å². The van der Waals surface area contributed by atoms with E-state index in [-0.39, 0.29) is 11.6 Å². The minimum absolute atomic E-state index is 0.109. The monoisotopic (exact) mass is 322 g/mol. The first kappa shape index (κ1) is 15.4. The Morgan fingerprint density at radius 2 is 1.46 bits per heavy atom. The summed E-state index contributed by atoms with van der Waals surface area (Å²) in [4.78, 5) is 22.1. The van der Waals surface area contributed by atoms with Gasteiger partial charge in [-0.15, -0.1) is 5.10 Å². The van der Waals surface area contributed by atoms with Crippen molar-refractivity contribution in [3.63, 3.8) is 0 Å². The molecule has 3 N–H and O–H groups in total. The lowest BCUT2D eigenvalue weighted by Gasteiger charge is -2.06. The number of aromatic amines is 1. The summed E-state index contributed by atoms with van der Waals surface area (Å²) in [5.74, 6) is -1.25. The Bertz CT molecular complexity index is 883. The summed E-state index contributed by atoms with van der Waals surface area (Å²) < 4.78 is 0. The first-order valence-electron chi connectivity index (χ1n) is 7.17. The van der Waals surface area contributed by atoms with Crippen molar-refractivity contribution in [1.29, 1.82) is 0 Å². The van der Waals surface area contributed by atoms with Crippen LogP contribution < -0.4 is 5.32 Å². The molecule has 3 aromatic rings. The molecule has 1 amide bonds. The van der Waals surface area contributed by atoms with E-state index < -0.39 is 5.97 Å². The SMILES string of the molecule is CC(=O)Nc1ccc(-c2ccc(-c3n[nH]nc3C(=O)O)cc2)cc1. The van der Waals surface area contributed by atoms with Crippen LogP contribution in [0.4, 0.5) is 5.69 Å². The molecule has 0 aliphatic heterocycles. The maximum atomic E-state index is 11.1. The molecule has 0 aliphatic carbocycles. The van der Waals surface area contributed by atoms with Gasteiger partial charge in [0.25, 0.3) is 0 Å². The lowest BCUT2D eigenvalue weighted by Crippen LogP contribution is -2.05. The minimum atomic E-state index is -1.13. The van der Waals surface area contributed by atoms with Crippen LogP contribution in [0.1, 0.15) is 17.4 Å². The van der Waals surface area contributed by atoms with Crippen LogP contribution in [0, 0.1) is 0 Å². The van der Waals surface area contributed by atoms with E-state index >= 15 is 0 Å². The summed E-state index contributed by atoms with van der Waals surface area (Å²) in [5, 5.41) is 21.7. The Balaban J connectivity index is 1.85. The van der Waals surface area contributed by atoms with Crippen molar-refractivity contribution in [2.45, 2.75) is 6.92 Å². The van der Waals surface area contributed by atoms with Gasteiger partial charge in [0.05, 0.1) is 0 Å². The Morgan fingerprint density at radius 1 is 0.917 bits per heavy atom. The Kier molecular flexibility index (Phi) is 4.07. The molecule has 0 spiro atoms. The number of amides is 1. The van der Waals surface area contributed by atoms with Crippen LogP contribution in [-0.2, 0) is 4.79 Å². The minimum Gasteiger partial charge on any atom is -0.476 e. The van der Waals surface area contributed by atoms with E-state index in [9.17, 15) is 9.59 Å². The topological polar surface area (TPSA) is 108 Å². The maximum Gasteiger partial charge on any atom is 0.358 e. The van der Waals surface area contributed by atoms with Crippen molar-refractivity contribution >= 4 is 17.6 Å². The highest BCUT2D eigenvalue weighted by Crippen LogP contribution is 2.26. The Labute approximate surface area is 137 Å². The van der Waals surface area contributed by atoms with Gasteiger partial charge in [0, 0.05) is 18.2 Å². The second-order valence-electron chi connectivity index (χ2n) is 5.16. The third kappa shape index (κ3) is 3.14. The van der Waals surface area contributed by atoms with E-state index in [0.717, 1.165) is 16.8 Å². The molecule has 2 aromatic carbocycles. The quantitative estimate of drug-likeness (QED) is 0.684. The molecule has 3 rings (SSSR count). The van der Waals surface area contributed by atoms with E-state index in [2.05, 4.69) is 20.7 Å². The molecule has 0 unspecified atom stereocenters. The summed E-state index contributed by atoms with van der Waals surface area (Å²) in [6, 6.07) is 14.8. The average molecular weight is 322 g/mol. The predicted octanol–water partition coefficient (Wildman–Crippen LogP) is 2.80. The number of carboxylic acid groups (broad SMARTS) is 1. The van der Waals surface area contributed by atoms with Crippen molar-refractivity contribution in [2.24, 2.45) is 0 Å². The number of nitrogens with one attached hydrogen (secondary N) is 2. The molecular formula is C17H14N4O3. The van der Waals surface area contributed by atoms with Crippen LogP contribution in [-0.4, -0.2) is 32.4 Å². The van der Waals surface area contributed by atoms with E-state index in [1.807, 2.05) is 36.4 Å². The lowest BCUT2D eigenvalue weighted by atomic mass is 10.0. The van der Waals surface area contributed by atoms with Crippen molar-refractivity contribution in [1.82, 2.24) is 15.4 Å². The summed E-state index contributed by atoms with van der Waals surface area (Å²) in [7, 11) is 0. The average Bonchev–Trinajstić information content (AvgIpc) is 3.05. The second kappa shape index (κ2) is 6.33. The number of nitrogens with zero attached hydrogens (tertiary/aromatic N) is 2. The van der Waals surface area contributed by atoms with Crippen LogP contribution in [0.5, 0.6) is 0 Å². The number of benzene rings is 2. The van der Waals surface area contributed by atoms with Gasteiger partial charge in [0.2, 0.25) is 5.91 Å². The number of rotatable bonds is 4. The van der Waals surface area contributed by atoms with Crippen LogP contribution in [0.2, 0.25) is 0 Å². The van der Waals surface area contributed by atoms with Gasteiger partial charge in [-0.25, -0.2) is 4.79 Å². The van der Waals surface area contributed by atoms with Gasteiger partial charge in [0.15, 0.2) is 5.69 Å². The Morgan fingerprint density at radius 3 is 2.00 bits per heavy atom. The standard InChI is InChI=1S/C17H14N4O3/c1-10(22)18-14-8-6-12(7-9-14)11-2-4-13(5-3-11)15-16(17(23)24)20-21-19-15/h2-9H,1H3,(H,18,22)(H,23,24)(H,19,20,21). The molecule has 24 heavy (non-hydrogen) atoms. The van der Waals surface area contributed by atoms with Gasteiger partial charge < -0.3 is 10.4 Å². The van der Waals surface area contributed by atoms with Gasteiger partial charge >= 0.3 is 5.97 Å². The van der Waals surface area contributed by atoms with E-state index in [1.165, 1.54) is 6.92 Å². The van der Waals surface area contributed by atoms with Gasteiger partial charge in [0.1, 0.15) is 5.69 Å². The maximum absolute atomic E-state index is 11.1. The van der Waals surface area contributed by atoms with Crippen molar-refractivity contribution < 1.29 is 14.7 Å². The number of H-pyrrole nitrogens is 1. The van der Waals surface area contributed by atoms with Crippen molar-refractivity contribution in [3.05, 3.63) is 54.2 Å². The zero-order chi connectivity index (χ0) is 17.1. The molecule has 0 aliphatic rings. The first-order valence-corrected chi connectivity index (χ1v) is 7.17. The second-order valence-corrected chi connectivity index (χ2v) is 5.16. The highest BCUT2D eigenvalue weighted by atomic mass is 16.4. The van der Waals surface area contributed by atoms with Crippen LogP contribution in [0.3, 0.4) is 0 Å². The number of carbonyl (C=O) groups excluding carboxylic acids is 1. The van der Waals surface area contributed by atoms with Gasteiger partial charge in [-0.05, 0) is 23.3 Å². The highest BCUT2D eigenvalue weighted by Gasteiger charge is 2.16. The Hall–Kier alpha value is -3.48. The number of hydrogen-bond acceptors (Lipinski definition) is 4. The number of aromatic nitrogens is 3. The number of anilines is 1. The fourth-order valence-corrected chi connectivity index (χ4v) is 2.35. The third-order valence-electron chi connectivity index (χ3n) is 3.45. The third-order valence-corrected chi connectivity index (χ3v) is 3.45. The van der Waals surface area contributed by atoms with Crippen LogP contribution >= 0.6 is 0 Å². The van der Waals surface area contributed by atoms with Crippen LogP contribution in [0.25, 0.3) is 22.4 Å². The molecule has 0 bridgehead atoms. The summed E-state index contributed by atoms with van der Waals surface area (Å²) in [6.07, 6.45) is 0. The zero-order valence-corrected chi connectivity index (χ0v) is 12.8. The number of aromatic carboxylic acids is 1. The molecule has 7 nitrogen and oxygen atoms in total. The molecule has 0 atom stereocenters. The molecule has 120 valence electrons. The molecule has 1 aromatic heterocycles. The molecule has 1 heterocycles. The summed E-state index contributed by atoms with van der Waals surface area (Å²) >= 11 is 0. The first-order chi connectivity index (χ1) is 11.5. The molecule has 0 fully saturated rings. The summed E-state index contributed by atoms with van der Waals surface area (Å²) in [5.41, 5.74) is 3.54. The summed E-state index contributed by atoms with van der Waals surface area (Å²) in [6.45, 7) is 1.46. The molecule has 0 saturated heterocycles. The normalized spacial score (nSPS) is 10.4. The van der Waals surface area contributed by atoms with E-state index in [4.69, 9.17) is 5.11 Å². The fraction of sp³-hybridized carbons (Fsp3) is 0.0588. The lowest BCUT2D eigenvalue weighted by molar-refractivity contribution is -0.114. The van der Waals surface area contributed by atoms with Gasteiger partial charge in [-0.1, -0.05) is 36.4 Å². The molecule has 7 heteroatoms.